The van der Waals surface area contributed by atoms with Gasteiger partial charge in [-0.05, 0) is 12.8 Å². The number of carbonyl (C=O) groups is 2. The second kappa shape index (κ2) is 6.59. The van der Waals surface area contributed by atoms with Crippen molar-refractivity contribution in [3.8, 4) is 0 Å². The maximum absolute atomic E-state index is 11.2. The molecule has 1 amide bonds. The standard InChI is InChI=1S/C9H15NO5S/c11-8(5-16(14)6-9(12)13)10-4-7-2-1-3-15-7/h7H,1-6H2,(H,10,11)(H,12,13). The maximum Gasteiger partial charge on any atom is 0.316 e. The third-order valence-corrected chi connectivity index (χ3v) is 3.28. The number of carboxylic acids is 1. The van der Waals surface area contributed by atoms with Gasteiger partial charge in [-0.3, -0.25) is 13.8 Å². The highest BCUT2D eigenvalue weighted by Gasteiger charge is 2.17. The van der Waals surface area contributed by atoms with Gasteiger partial charge < -0.3 is 15.2 Å². The zero-order chi connectivity index (χ0) is 12.0. The first-order chi connectivity index (χ1) is 7.58. The largest absolute Gasteiger partial charge is 0.481 e. The second-order valence-corrected chi connectivity index (χ2v) is 5.02. The van der Waals surface area contributed by atoms with Crippen LogP contribution in [0.4, 0.5) is 0 Å². The van der Waals surface area contributed by atoms with Crippen LogP contribution in [0.1, 0.15) is 12.8 Å². The van der Waals surface area contributed by atoms with Crippen molar-refractivity contribution in [3.63, 3.8) is 0 Å². The lowest BCUT2D eigenvalue weighted by atomic mass is 10.2. The van der Waals surface area contributed by atoms with Gasteiger partial charge in [-0.25, -0.2) is 0 Å². The molecule has 1 aliphatic rings. The van der Waals surface area contributed by atoms with Crippen LogP contribution in [0.3, 0.4) is 0 Å². The Hall–Kier alpha value is -0.950. The lowest BCUT2D eigenvalue weighted by molar-refractivity contribution is -0.133. The Morgan fingerprint density at radius 3 is 2.75 bits per heavy atom. The van der Waals surface area contributed by atoms with Crippen molar-refractivity contribution < 1.29 is 23.6 Å². The zero-order valence-electron chi connectivity index (χ0n) is 8.81. The fourth-order valence-corrected chi connectivity index (χ4v) is 2.19. The van der Waals surface area contributed by atoms with Crippen molar-refractivity contribution in [3.05, 3.63) is 0 Å². The van der Waals surface area contributed by atoms with Gasteiger partial charge in [-0.1, -0.05) is 0 Å². The molecule has 7 heteroatoms. The molecular formula is C9H15NO5S. The van der Waals surface area contributed by atoms with Gasteiger partial charge in [0.25, 0.3) is 0 Å². The van der Waals surface area contributed by atoms with Gasteiger partial charge in [0.2, 0.25) is 5.91 Å². The molecule has 1 aliphatic heterocycles. The van der Waals surface area contributed by atoms with Gasteiger partial charge in [0, 0.05) is 24.0 Å². The molecule has 0 aromatic carbocycles. The summed E-state index contributed by atoms with van der Waals surface area (Å²) in [5, 5.41) is 10.9. The molecule has 0 saturated carbocycles. The van der Waals surface area contributed by atoms with Crippen LogP contribution in [-0.4, -0.2) is 52.0 Å². The van der Waals surface area contributed by atoms with Gasteiger partial charge in [0.1, 0.15) is 11.5 Å². The molecule has 0 radical (unpaired) electrons. The molecule has 0 aromatic rings. The molecule has 16 heavy (non-hydrogen) atoms. The van der Waals surface area contributed by atoms with Crippen LogP contribution in [0.15, 0.2) is 0 Å². The van der Waals surface area contributed by atoms with Gasteiger partial charge in [-0.2, -0.15) is 0 Å². The van der Waals surface area contributed by atoms with Crippen LogP contribution in [0.5, 0.6) is 0 Å². The highest BCUT2D eigenvalue weighted by molar-refractivity contribution is 7.86. The molecule has 2 unspecified atom stereocenters. The number of carbonyl (C=O) groups excluding carboxylic acids is 1. The topological polar surface area (TPSA) is 92.7 Å². The number of hydrogen-bond donors (Lipinski definition) is 2. The van der Waals surface area contributed by atoms with E-state index in [2.05, 4.69) is 5.32 Å². The molecule has 1 rings (SSSR count). The highest BCUT2D eigenvalue weighted by Crippen LogP contribution is 2.10. The minimum atomic E-state index is -1.64. The SMILES string of the molecule is O=C(O)CS(=O)CC(=O)NCC1CCCO1. The van der Waals surface area contributed by atoms with Crippen molar-refractivity contribution in [2.24, 2.45) is 0 Å². The molecule has 1 fully saturated rings. The Labute approximate surface area is 95.8 Å². The summed E-state index contributed by atoms with van der Waals surface area (Å²) in [4.78, 5) is 21.5. The number of carboxylic acid groups (broad SMARTS) is 1. The monoisotopic (exact) mass is 249 g/mol. The summed E-state index contributed by atoms with van der Waals surface area (Å²) in [5.74, 6) is -2.31. The second-order valence-electron chi connectivity index (χ2n) is 3.56. The van der Waals surface area contributed by atoms with E-state index in [-0.39, 0.29) is 11.9 Å². The summed E-state index contributed by atoms with van der Waals surface area (Å²) >= 11 is 0. The molecule has 0 spiro atoms. The Balaban J connectivity index is 2.14. The van der Waals surface area contributed by atoms with Crippen LogP contribution < -0.4 is 5.32 Å². The van der Waals surface area contributed by atoms with E-state index in [0.29, 0.717) is 13.2 Å². The molecule has 0 aliphatic carbocycles. The number of ether oxygens (including phenoxy) is 1. The van der Waals surface area contributed by atoms with E-state index in [9.17, 15) is 13.8 Å². The summed E-state index contributed by atoms with van der Waals surface area (Å²) in [6.45, 7) is 1.12. The molecular weight excluding hydrogens is 234 g/mol. The predicted octanol–water partition coefficient (Wildman–Crippen LogP) is -0.885. The van der Waals surface area contributed by atoms with E-state index in [1.165, 1.54) is 0 Å². The number of amides is 1. The maximum atomic E-state index is 11.2. The quantitative estimate of drug-likeness (QED) is 0.637. The molecule has 2 atom stereocenters. The smallest absolute Gasteiger partial charge is 0.316 e. The number of nitrogens with one attached hydrogen (secondary N) is 1. The molecule has 1 saturated heterocycles. The average Bonchev–Trinajstić information content (AvgIpc) is 2.65. The molecule has 0 aromatic heterocycles. The van der Waals surface area contributed by atoms with E-state index in [0.717, 1.165) is 12.8 Å². The van der Waals surface area contributed by atoms with Crippen molar-refractivity contribution in [2.75, 3.05) is 24.7 Å². The predicted molar refractivity (Wildman–Crippen MR) is 57.5 cm³/mol. The van der Waals surface area contributed by atoms with Crippen LogP contribution in [-0.2, 0) is 25.1 Å². The van der Waals surface area contributed by atoms with Crippen molar-refractivity contribution in [1.82, 2.24) is 5.32 Å². The summed E-state index contributed by atoms with van der Waals surface area (Å²) in [7, 11) is -1.64. The molecule has 2 N–H and O–H groups in total. The summed E-state index contributed by atoms with van der Waals surface area (Å²) in [5.41, 5.74) is 0. The number of rotatable bonds is 6. The van der Waals surface area contributed by atoms with Crippen LogP contribution in [0.25, 0.3) is 0 Å². The van der Waals surface area contributed by atoms with E-state index in [1.54, 1.807) is 0 Å². The van der Waals surface area contributed by atoms with Crippen LogP contribution >= 0.6 is 0 Å². The highest BCUT2D eigenvalue weighted by atomic mass is 32.2. The van der Waals surface area contributed by atoms with Gasteiger partial charge in [-0.15, -0.1) is 0 Å². The summed E-state index contributed by atoms with van der Waals surface area (Å²) in [6.07, 6.45) is 1.95. The van der Waals surface area contributed by atoms with E-state index >= 15 is 0 Å². The average molecular weight is 249 g/mol. The first-order valence-corrected chi connectivity index (χ1v) is 6.52. The van der Waals surface area contributed by atoms with Crippen molar-refractivity contribution >= 4 is 22.7 Å². The Bertz CT molecular complexity index is 288. The Morgan fingerprint density at radius 2 is 2.19 bits per heavy atom. The lowest BCUT2D eigenvalue weighted by Gasteiger charge is -2.10. The Morgan fingerprint density at radius 1 is 1.44 bits per heavy atom. The zero-order valence-corrected chi connectivity index (χ0v) is 9.62. The number of aliphatic carboxylic acids is 1. The third-order valence-electron chi connectivity index (χ3n) is 2.13. The Kier molecular flexibility index (Phi) is 5.41. The summed E-state index contributed by atoms with van der Waals surface area (Å²) in [6, 6.07) is 0. The minimum Gasteiger partial charge on any atom is -0.481 e. The van der Waals surface area contributed by atoms with E-state index in [4.69, 9.17) is 9.84 Å². The van der Waals surface area contributed by atoms with Crippen molar-refractivity contribution in [2.45, 2.75) is 18.9 Å². The van der Waals surface area contributed by atoms with Gasteiger partial charge in [0.15, 0.2) is 0 Å². The van der Waals surface area contributed by atoms with Crippen molar-refractivity contribution in [1.29, 1.82) is 0 Å². The van der Waals surface area contributed by atoms with E-state index < -0.39 is 28.4 Å². The number of hydrogen-bond acceptors (Lipinski definition) is 4. The van der Waals surface area contributed by atoms with Crippen LogP contribution in [0.2, 0.25) is 0 Å². The normalized spacial score (nSPS) is 21.6. The first kappa shape index (κ1) is 13.1. The molecule has 6 nitrogen and oxygen atoms in total. The fourth-order valence-electron chi connectivity index (χ4n) is 1.42. The molecule has 1 heterocycles. The minimum absolute atomic E-state index is 0.0388. The van der Waals surface area contributed by atoms with Crippen LogP contribution in [0, 0.1) is 0 Å². The summed E-state index contributed by atoms with van der Waals surface area (Å²) < 4.78 is 16.4. The molecule has 92 valence electrons. The van der Waals surface area contributed by atoms with Gasteiger partial charge in [0.05, 0.1) is 6.10 Å². The fraction of sp³-hybridized carbons (Fsp3) is 0.778. The third kappa shape index (κ3) is 5.22. The van der Waals surface area contributed by atoms with Gasteiger partial charge >= 0.3 is 5.97 Å². The first-order valence-electron chi connectivity index (χ1n) is 5.03. The lowest BCUT2D eigenvalue weighted by Crippen LogP contribution is -2.35. The molecule has 0 bridgehead atoms. The van der Waals surface area contributed by atoms with E-state index in [1.807, 2.05) is 0 Å².